The first kappa shape index (κ1) is 22.8. The van der Waals surface area contributed by atoms with Gasteiger partial charge in [-0.1, -0.05) is 31.5 Å². The van der Waals surface area contributed by atoms with Crippen molar-refractivity contribution in [2.24, 2.45) is 5.92 Å². The van der Waals surface area contributed by atoms with Gasteiger partial charge in [-0.2, -0.15) is 0 Å². The maximum Gasteiger partial charge on any atom is 0.330 e. The van der Waals surface area contributed by atoms with Crippen molar-refractivity contribution in [3.8, 4) is 0 Å². The summed E-state index contributed by atoms with van der Waals surface area (Å²) >= 11 is 1.37. The molecular weight excluding hydrogens is 392 g/mol. The Hall–Kier alpha value is -2.52. The second-order valence-electron chi connectivity index (χ2n) is 7.14. The minimum atomic E-state index is -0.683. The van der Waals surface area contributed by atoms with Crippen LogP contribution in [0.2, 0.25) is 0 Å². The molecule has 2 aromatic rings. The number of hydrogen-bond acceptors (Lipinski definition) is 6. The third kappa shape index (κ3) is 5.98. The molecule has 0 bridgehead atoms. The summed E-state index contributed by atoms with van der Waals surface area (Å²) in [5.74, 6) is -0.0552. The first-order chi connectivity index (χ1) is 13.7. The van der Waals surface area contributed by atoms with Crippen molar-refractivity contribution in [2.45, 2.75) is 32.2 Å². The van der Waals surface area contributed by atoms with Crippen molar-refractivity contribution in [3.05, 3.63) is 50.7 Å². The maximum atomic E-state index is 13.0. The number of nitrogen functional groups attached to an aromatic ring is 1. The van der Waals surface area contributed by atoms with Crippen LogP contribution in [0.25, 0.3) is 0 Å². The molecule has 0 saturated heterocycles. The van der Waals surface area contributed by atoms with E-state index in [1.165, 1.54) is 28.3 Å². The van der Waals surface area contributed by atoms with Gasteiger partial charge in [0.2, 0.25) is 5.91 Å². The monoisotopic (exact) mass is 420 g/mol. The van der Waals surface area contributed by atoms with Crippen LogP contribution in [0.3, 0.4) is 0 Å². The van der Waals surface area contributed by atoms with Gasteiger partial charge in [-0.25, -0.2) is 4.79 Å². The van der Waals surface area contributed by atoms with E-state index in [0.29, 0.717) is 6.54 Å². The van der Waals surface area contributed by atoms with E-state index in [2.05, 4.69) is 4.98 Å². The number of ether oxygens (including phenoxy) is 1. The topological polar surface area (TPSA) is 110 Å². The van der Waals surface area contributed by atoms with Crippen LogP contribution in [0.5, 0.6) is 0 Å². The predicted octanol–water partition coefficient (Wildman–Crippen LogP) is 1.85. The Labute approximate surface area is 174 Å². The molecule has 0 spiro atoms. The van der Waals surface area contributed by atoms with Crippen molar-refractivity contribution < 1.29 is 9.53 Å². The van der Waals surface area contributed by atoms with E-state index in [9.17, 15) is 14.4 Å². The molecule has 3 N–H and O–H groups in total. The molecule has 0 aliphatic carbocycles. The van der Waals surface area contributed by atoms with Gasteiger partial charge < -0.3 is 15.4 Å². The van der Waals surface area contributed by atoms with Crippen LogP contribution in [-0.2, 0) is 16.1 Å². The van der Waals surface area contributed by atoms with Crippen molar-refractivity contribution in [2.75, 3.05) is 36.6 Å². The number of nitrogens with zero attached hydrogens (tertiary/aromatic N) is 2. The van der Waals surface area contributed by atoms with Crippen molar-refractivity contribution in [3.63, 3.8) is 0 Å². The first-order valence-electron chi connectivity index (χ1n) is 9.36. The fourth-order valence-electron chi connectivity index (χ4n) is 2.79. The predicted molar refractivity (Wildman–Crippen MR) is 117 cm³/mol. The Morgan fingerprint density at radius 2 is 1.93 bits per heavy atom. The molecule has 0 atom stereocenters. The fraction of sp³-hybridized carbons (Fsp3) is 0.450. The number of aromatic nitrogens is 2. The lowest BCUT2D eigenvalue weighted by Crippen LogP contribution is -2.43. The minimum Gasteiger partial charge on any atom is -0.383 e. The molecule has 1 aromatic carbocycles. The number of nitrogens with one attached hydrogen (secondary N) is 1. The van der Waals surface area contributed by atoms with Crippen LogP contribution in [0, 0.1) is 12.8 Å². The molecule has 29 heavy (non-hydrogen) atoms. The zero-order valence-corrected chi connectivity index (χ0v) is 18.0. The Morgan fingerprint density at radius 1 is 1.28 bits per heavy atom. The van der Waals surface area contributed by atoms with E-state index in [1.54, 1.807) is 0 Å². The first-order valence-corrected chi connectivity index (χ1v) is 10.3. The van der Waals surface area contributed by atoms with Crippen LogP contribution in [0.1, 0.15) is 19.4 Å². The molecule has 0 unspecified atom stereocenters. The number of rotatable bonds is 9. The van der Waals surface area contributed by atoms with Gasteiger partial charge in [0.25, 0.3) is 5.56 Å². The van der Waals surface area contributed by atoms with Gasteiger partial charge in [-0.05, 0) is 25.0 Å². The number of amides is 1. The SMILES string of the molecule is COCCN(C(=O)CSc1ccc(C)cc1)c1c(N)n(CC(C)C)c(=O)[nH]c1=O. The number of benzene rings is 1. The van der Waals surface area contributed by atoms with Crippen LogP contribution in [0.4, 0.5) is 11.5 Å². The van der Waals surface area contributed by atoms with Crippen LogP contribution < -0.4 is 21.9 Å². The Morgan fingerprint density at radius 3 is 2.52 bits per heavy atom. The Balaban J connectivity index is 2.35. The zero-order valence-electron chi connectivity index (χ0n) is 17.2. The number of anilines is 2. The molecule has 1 aromatic heterocycles. The zero-order chi connectivity index (χ0) is 21.6. The summed E-state index contributed by atoms with van der Waals surface area (Å²) in [6.07, 6.45) is 0. The molecular formula is C20H28N4O4S. The number of nitrogens with two attached hydrogens (primary N) is 1. The van der Waals surface area contributed by atoms with Gasteiger partial charge in [0.15, 0.2) is 5.69 Å². The number of aromatic amines is 1. The van der Waals surface area contributed by atoms with Gasteiger partial charge >= 0.3 is 5.69 Å². The van der Waals surface area contributed by atoms with Gasteiger partial charge in [0.1, 0.15) is 5.82 Å². The number of aryl methyl sites for hydroxylation is 1. The van der Waals surface area contributed by atoms with E-state index in [-0.39, 0.29) is 42.2 Å². The van der Waals surface area contributed by atoms with Crippen molar-refractivity contribution in [1.29, 1.82) is 0 Å². The number of carbonyl (C=O) groups excluding carboxylic acids is 1. The van der Waals surface area contributed by atoms with Gasteiger partial charge in [0.05, 0.1) is 12.4 Å². The second-order valence-corrected chi connectivity index (χ2v) is 8.19. The quantitative estimate of drug-likeness (QED) is 0.599. The lowest BCUT2D eigenvalue weighted by molar-refractivity contribution is -0.116. The van der Waals surface area contributed by atoms with E-state index in [0.717, 1.165) is 10.5 Å². The largest absolute Gasteiger partial charge is 0.383 e. The summed E-state index contributed by atoms with van der Waals surface area (Å²) in [6.45, 7) is 6.57. The molecule has 158 valence electrons. The number of carbonyl (C=O) groups is 1. The molecule has 0 aliphatic rings. The van der Waals surface area contributed by atoms with Crippen molar-refractivity contribution in [1.82, 2.24) is 9.55 Å². The number of hydrogen-bond donors (Lipinski definition) is 2. The third-order valence-corrected chi connectivity index (χ3v) is 5.23. The van der Waals surface area contributed by atoms with E-state index in [1.807, 2.05) is 45.0 Å². The molecule has 0 fully saturated rings. The lowest BCUT2D eigenvalue weighted by atomic mass is 10.2. The highest BCUT2D eigenvalue weighted by molar-refractivity contribution is 8.00. The van der Waals surface area contributed by atoms with Crippen LogP contribution in [-0.4, -0.2) is 41.5 Å². The molecule has 9 heteroatoms. The lowest BCUT2D eigenvalue weighted by Gasteiger charge is -2.24. The molecule has 0 saturated carbocycles. The molecule has 1 amide bonds. The van der Waals surface area contributed by atoms with Gasteiger partial charge in [-0.3, -0.25) is 19.1 Å². The van der Waals surface area contributed by atoms with Gasteiger partial charge in [0, 0.05) is 25.1 Å². The van der Waals surface area contributed by atoms with Gasteiger partial charge in [-0.15, -0.1) is 11.8 Å². The average Bonchev–Trinajstić information content (AvgIpc) is 2.66. The summed E-state index contributed by atoms with van der Waals surface area (Å²) in [7, 11) is 1.51. The van der Waals surface area contributed by atoms with Crippen LogP contribution in [0.15, 0.2) is 38.8 Å². The standard InChI is InChI=1S/C20H28N4O4S/c1-13(2)11-24-18(21)17(19(26)22-20(24)27)23(9-10-28-4)16(25)12-29-15-7-5-14(3)6-8-15/h5-8,13H,9-12,21H2,1-4H3,(H,22,26,27). The van der Waals surface area contributed by atoms with Crippen molar-refractivity contribution >= 4 is 29.2 Å². The normalized spacial score (nSPS) is 11.1. The molecule has 0 aliphatic heterocycles. The maximum absolute atomic E-state index is 13.0. The highest BCUT2D eigenvalue weighted by Gasteiger charge is 2.24. The summed E-state index contributed by atoms with van der Waals surface area (Å²) in [5, 5.41) is 0. The third-order valence-electron chi connectivity index (χ3n) is 4.24. The van der Waals surface area contributed by atoms with E-state index >= 15 is 0 Å². The fourth-order valence-corrected chi connectivity index (χ4v) is 3.56. The van der Waals surface area contributed by atoms with E-state index in [4.69, 9.17) is 10.5 Å². The Bertz CT molecular complexity index is 950. The smallest absolute Gasteiger partial charge is 0.330 e. The highest BCUT2D eigenvalue weighted by Crippen LogP contribution is 2.22. The average molecular weight is 421 g/mol. The van der Waals surface area contributed by atoms with E-state index < -0.39 is 11.2 Å². The molecule has 0 radical (unpaired) electrons. The molecule has 8 nitrogen and oxygen atoms in total. The minimum absolute atomic E-state index is 0.0164. The summed E-state index contributed by atoms with van der Waals surface area (Å²) in [6, 6.07) is 7.83. The van der Waals surface area contributed by atoms with Crippen LogP contribution >= 0.6 is 11.8 Å². The summed E-state index contributed by atoms with van der Waals surface area (Å²) in [4.78, 5) is 42.2. The summed E-state index contributed by atoms with van der Waals surface area (Å²) in [5.41, 5.74) is 6.02. The number of thioether (sulfide) groups is 1. The number of methoxy groups -OCH3 is 1. The second kappa shape index (κ2) is 10.3. The molecule has 1 heterocycles. The number of H-pyrrole nitrogens is 1. The highest BCUT2D eigenvalue weighted by atomic mass is 32.2. The molecule has 2 rings (SSSR count). The Kier molecular flexibility index (Phi) is 8.10. The summed E-state index contributed by atoms with van der Waals surface area (Å²) < 4.78 is 6.39.